The van der Waals surface area contributed by atoms with Gasteiger partial charge in [-0.05, 0) is 24.3 Å². The quantitative estimate of drug-likeness (QED) is 0.546. The van der Waals surface area contributed by atoms with Gasteiger partial charge in [-0.3, -0.25) is 10.6 Å². The third kappa shape index (κ3) is 3.63. The second-order valence-electron chi connectivity index (χ2n) is 3.99. The number of methoxy groups -OCH3 is 1. The predicted molar refractivity (Wildman–Crippen MR) is 83.5 cm³/mol. The van der Waals surface area contributed by atoms with E-state index in [1.807, 2.05) is 0 Å². The van der Waals surface area contributed by atoms with E-state index in [1.54, 1.807) is 24.3 Å². The lowest BCUT2D eigenvalue weighted by Gasteiger charge is -2.12. The fourth-order valence-corrected chi connectivity index (χ4v) is 3.27. The first-order valence-corrected chi connectivity index (χ1v) is 8.03. The first-order valence-electron chi connectivity index (χ1n) is 5.75. The third-order valence-electron chi connectivity index (χ3n) is 2.54. The topological polar surface area (TPSA) is 106 Å². The molecule has 0 bridgehead atoms. The lowest BCUT2D eigenvalue weighted by Crippen LogP contribution is -2.19. The van der Waals surface area contributed by atoms with Gasteiger partial charge in [0.25, 0.3) is 10.0 Å². The van der Waals surface area contributed by atoms with Gasteiger partial charge < -0.3 is 10.2 Å². The number of nitrogen functional groups attached to an aromatic ring is 1. The number of hydrazine groups is 1. The van der Waals surface area contributed by atoms with Crippen LogP contribution in [0.4, 0.5) is 11.4 Å². The van der Waals surface area contributed by atoms with Gasteiger partial charge in [0, 0.05) is 16.7 Å². The molecule has 9 heteroatoms. The van der Waals surface area contributed by atoms with Crippen LogP contribution in [0.15, 0.2) is 46.0 Å². The highest BCUT2D eigenvalue weighted by atomic mass is 79.9. The summed E-state index contributed by atoms with van der Waals surface area (Å²) in [5.41, 5.74) is 2.85. The summed E-state index contributed by atoms with van der Waals surface area (Å²) in [5.74, 6) is 5.81. The maximum atomic E-state index is 12.4. The molecule has 7 nitrogen and oxygen atoms in total. The van der Waals surface area contributed by atoms with E-state index >= 15 is 0 Å². The number of halogens is 1. The minimum atomic E-state index is -3.88. The van der Waals surface area contributed by atoms with Gasteiger partial charge in [0.2, 0.25) is 5.03 Å². The molecule has 0 fully saturated rings. The number of ether oxygens (including phenoxy) is 1. The van der Waals surface area contributed by atoms with E-state index in [-0.39, 0.29) is 10.7 Å². The minimum absolute atomic E-state index is 0.188. The molecule has 1 aromatic heterocycles. The van der Waals surface area contributed by atoms with Gasteiger partial charge in [-0.25, -0.2) is 4.98 Å². The largest absolute Gasteiger partial charge is 0.497 e. The lowest BCUT2D eigenvalue weighted by atomic mass is 10.3. The Kier molecular flexibility index (Phi) is 4.66. The molecule has 112 valence electrons. The first-order chi connectivity index (χ1) is 9.96. The van der Waals surface area contributed by atoms with Crippen molar-refractivity contribution in [1.29, 1.82) is 0 Å². The number of anilines is 2. The van der Waals surface area contributed by atoms with E-state index in [1.165, 1.54) is 19.4 Å². The van der Waals surface area contributed by atoms with Crippen LogP contribution < -0.4 is 20.7 Å². The van der Waals surface area contributed by atoms with Crippen molar-refractivity contribution in [3.63, 3.8) is 0 Å². The summed E-state index contributed by atoms with van der Waals surface area (Å²) in [6.45, 7) is 0. The number of pyridine rings is 1. The number of nitrogens with two attached hydrogens (primary N) is 1. The van der Waals surface area contributed by atoms with Crippen molar-refractivity contribution in [2.24, 2.45) is 5.84 Å². The minimum Gasteiger partial charge on any atom is -0.497 e. The summed E-state index contributed by atoms with van der Waals surface area (Å²) < 4.78 is 32.9. The van der Waals surface area contributed by atoms with Crippen LogP contribution in [0.2, 0.25) is 0 Å². The smallest absolute Gasteiger partial charge is 0.281 e. The number of benzene rings is 1. The van der Waals surface area contributed by atoms with Gasteiger partial charge in [0.15, 0.2) is 0 Å². The normalized spacial score (nSPS) is 11.0. The number of nitrogens with zero attached hydrogens (tertiary/aromatic N) is 1. The Balaban J connectivity index is 2.40. The SMILES string of the molecule is COc1cc(Br)cc(NS(=O)(=O)c2ncccc2NN)c1. The van der Waals surface area contributed by atoms with Gasteiger partial charge >= 0.3 is 0 Å². The summed E-state index contributed by atoms with van der Waals surface area (Å²) in [7, 11) is -2.38. The predicted octanol–water partition coefficient (Wildman–Crippen LogP) is 1.94. The molecular formula is C12H13BrN4O3S. The number of aromatic nitrogens is 1. The van der Waals surface area contributed by atoms with E-state index in [2.05, 4.69) is 31.1 Å². The Hall–Kier alpha value is -1.84. The van der Waals surface area contributed by atoms with Crippen LogP contribution in [0, 0.1) is 0 Å². The molecule has 0 radical (unpaired) electrons. The maximum absolute atomic E-state index is 12.4. The third-order valence-corrected chi connectivity index (χ3v) is 4.34. The van der Waals surface area contributed by atoms with E-state index < -0.39 is 10.0 Å². The molecule has 21 heavy (non-hydrogen) atoms. The summed E-state index contributed by atoms with van der Waals surface area (Å²) in [6.07, 6.45) is 1.37. The fraction of sp³-hybridized carbons (Fsp3) is 0.0833. The summed E-state index contributed by atoms with van der Waals surface area (Å²) in [4.78, 5) is 3.85. The Bertz CT molecular complexity index is 752. The van der Waals surface area contributed by atoms with E-state index in [9.17, 15) is 8.42 Å². The fourth-order valence-electron chi connectivity index (χ4n) is 1.66. The average molecular weight is 373 g/mol. The van der Waals surface area contributed by atoms with Crippen molar-refractivity contribution in [2.75, 3.05) is 17.3 Å². The van der Waals surface area contributed by atoms with Crippen LogP contribution >= 0.6 is 15.9 Å². The second kappa shape index (κ2) is 6.29. The first kappa shape index (κ1) is 15.5. The molecule has 1 heterocycles. The van der Waals surface area contributed by atoms with Crippen molar-refractivity contribution in [1.82, 2.24) is 4.98 Å². The van der Waals surface area contributed by atoms with Crippen LogP contribution in [0.25, 0.3) is 0 Å². The van der Waals surface area contributed by atoms with Crippen molar-refractivity contribution in [3.05, 3.63) is 41.0 Å². The Morgan fingerprint density at radius 1 is 1.33 bits per heavy atom. The highest BCUT2D eigenvalue weighted by molar-refractivity contribution is 9.10. The molecule has 1 aromatic carbocycles. The monoisotopic (exact) mass is 372 g/mol. The Labute approximate surface area is 130 Å². The molecule has 0 unspecified atom stereocenters. The van der Waals surface area contributed by atoms with Crippen molar-refractivity contribution in [3.8, 4) is 5.75 Å². The molecule has 2 rings (SSSR count). The lowest BCUT2D eigenvalue weighted by molar-refractivity contribution is 0.415. The van der Waals surface area contributed by atoms with Crippen molar-refractivity contribution < 1.29 is 13.2 Å². The zero-order valence-corrected chi connectivity index (χ0v) is 13.4. The second-order valence-corrected chi connectivity index (χ2v) is 6.50. The van der Waals surface area contributed by atoms with Gasteiger partial charge in [0.05, 0.1) is 18.5 Å². The summed E-state index contributed by atoms with van der Waals surface area (Å²) >= 11 is 3.28. The van der Waals surface area contributed by atoms with E-state index in [0.29, 0.717) is 15.9 Å². The van der Waals surface area contributed by atoms with Crippen molar-refractivity contribution >= 4 is 37.3 Å². The molecule has 0 saturated heterocycles. The molecule has 0 amide bonds. The molecule has 0 atom stereocenters. The summed E-state index contributed by atoms with van der Waals surface area (Å²) in [5, 5.41) is -0.188. The average Bonchev–Trinajstić information content (AvgIpc) is 2.46. The molecule has 0 aliphatic heterocycles. The van der Waals surface area contributed by atoms with Gasteiger partial charge in [-0.1, -0.05) is 15.9 Å². The molecule has 0 aliphatic rings. The standard InChI is InChI=1S/C12H13BrN4O3S/c1-20-10-6-8(13)5-9(7-10)17-21(18,19)12-11(16-14)3-2-4-15-12/h2-7,16-17H,14H2,1H3. The maximum Gasteiger partial charge on any atom is 0.281 e. The van der Waals surface area contributed by atoms with Gasteiger partial charge in [0.1, 0.15) is 5.75 Å². The van der Waals surface area contributed by atoms with E-state index in [0.717, 1.165) is 0 Å². The molecular weight excluding hydrogens is 360 g/mol. The molecule has 4 N–H and O–H groups in total. The van der Waals surface area contributed by atoms with Crippen LogP contribution in [-0.4, -0.2) is 20.5 Å². The van der Waals surface area contributed by atoms with Crippen LogP contribution in [0.3, 0.4) is 0 Å². The van der Waals surface area contributed by atoms with E-state index in [4.69, 9.17) is 10.6 Å². The number of rotatable bonds is 5. The summed E-state index contributed by atoms with van der Waals surface area (Å²) in [6, 6.07) is 7.98. The number of hydrogen-bond acceptors (Lipinski definition) is 6. The van der Waals surface area contributed by atoms with Crippen molar-refractivity contribution in [2.45, 2.75) is 5.03 Å². The van der Waals surface area contributed by atoms with Crippen LogP contribution in [-0.2, 0) is 10.0 Å². The highest BCUT2D eigenvalue weighted by Gasteiger charge is 2.20. The van der Waals surface area contributed by atoms with Gasteiger partial charge in [-0.15, -0.1) is 0 Å². The molecule has 0 spiro atoms. The molecule has 0 saturated carbocycles. The van der Waals surface area contributed by atoms with Crippen LogP contribution in [0.5, 0.6) is 5.75 Å². The van der Waals surface area contributed by atoms with Gasteiger partial charge in [-0.2, -0.15) is 8.42 Å². The number of sulfonamides is 1. The number of hydrogen-bond donors (Lipinski definition) is 3. The zero-order chi connectivity index (χ0) is 15.5. The van der Waals surface area contributed by atoms with Crippen LogP contribution in [0.1, 0.15) is 0 Å². The highest BCUT2D eigenvalue weighted by Crippen LogP contribution is 2.27. The Morgan fingerprint density at radius 3 is 2.76 bits per heavy atom. The number of nitrogens with one attached hydrogen (secondary N) is 2. The zero-order valence-electron chi connectivity index (χ0n) is 11.0. The molecule has 2 aromatic rings. The Morgan fingerprint density at radius 2 is 2.10 bits per heavy atom. The molecule has 0 aliphatic carbocycles.